The fourth-order valence-electron chi connectivity index (χ4n) is 5.48. The van der Waals surface area contributed by atoms with Crippen LogP contribution < -0.4 is 15.0 Å². The van der Waals surface area contributed by atoms with Crippen molar-refractivity contribution < 1.29 is 23.9 Å². The molecule has 1 aliphatic rings. The van der Waals surface area contributed by atoms with Crippen molar-refractivity contribution in [1.82, 2.24) is 15.2 Å². The number of ether oxygens (including phenoxy) is 2. The summed E-state index contributed by atoms with van der Waals surface area (Å²) < 4.78 is 11.8. The third-order valence-electron chi connectivity index (χ3n) is 7.81. The molecule has 1 aliphatic heterocycles. The highest BCUT2D eigenvalue weighted by Gasteiger charge is 2.35. The number of nitrogens with one attached hydrogen (secondary N) is 1. The third-order valence-corrected chi connectivity index (χ3v) is 7.81. The van der Waals surface area contributed by atoms with E-state index < -0.39 is 23.4 Å². The Kier molecular flexibility index (Phi) is 10.2. The van der Waals surface area contributed by atoms with Gasteiger partial charge in [-0.25, -0.2) is 4.98 Å². The van der Waals surface area contributed by atoms with Crippen molar-refractivity contribution in [3.63, 3.8) is 0 Å². The zero-order valence-electron chi connectivity index (χ0n) is 27.0. The first-order valence-corrected chi connectivity index (χ1v) is 15.8. The number of amides is 2. The molecule has 1 aromatic heterocycles. The van der Waals surface area contributed by atoms with Crippen LogP contribution in [0.2, 0.25) is 0 Å². The van der Waals surface area contributed by atoms with Gasteiger partial charge in [0.05, 0.1) is 5.52 Å². The van der Waals surface area contributed by atoms with Gasteiger partial charge >= 0.3 is 5.97 Å². The first-order chi connectivity index (χ1) is 22.1. The highest BCUT2D eigenvalue weighted by Crippen LogP contribution is 2.27. The van der Waals surface area contributed by atoms with E-state index in [1.165, 1.54) is 5.56 Å². The number of anilines is 1. The highest BCUT2D eigenvalue weighted by atomic mass is 16.6. The smallest absolute Gasteiger partial charge is 0.319 e. The van der Waals surface area contributed by atoms with Crippen LogP contribution in [0.25, 0.3) is 10.9 Å². The molecule has 46 heavy (non-hydrogen) atoms. The molecule has 0 radical (unpaired) electrons. The second-order valence-electron chi connectivity index (χ2n) is 12.6. The molecule has 5 rings (SSSR count). The molecule has 240 valence electrons. The van der Waals surface area contributed by atoms with Gasteiger partial charge in [-0.3, -0.25) is 14.4 Å². The molecule has 1 unspecified atom stereocenters. The number of benzene rings is 3. The molecule has 0 aliphatic carbocycles. The quantitative estimate of drug-likeness (QED) is 0.183. The minimum Gasteiger partial charge on any atom is -0.488 e. The molecule has 1 fully saturated rings. The van der Waals surface area contributed by atoms with Crippen molar-refractivity contribution in [3.05, 3.63) is 102 Å². The molecule has 9 nitrogen and oxygen atoms in total. The maximum atomic E-state index is 13.7. The van der Waals surface area contributed by atoms with Gasteiger partial charge in [0.15, 0.2) is 0 Å². The summed E-state index contributed by atoms with van der Waals surface area (Å²) >= 11 is 0. The summed E-state index contributed by atoms with van der Waals surface area (Å²) in [6.07, 6.45) is 0.0997. The summed E-state index contributed by atoms with van der Waals surface area (Å²) in [4.78, 5) is 48.8. The van der Waals surface area contributed by atoms with E-state index in [0.717, 1.165) is 16.6 Å². The molecule has 3 aromatic carbocycles. The number of fused-ring (bicyclic) bond motifs is 1. The number of pyridine rings is 1. The maximum Gasteiger partial charge on any atom is 0.319 e. The largest absolute Gasteiger partial charge is 0.488 e. The molecular weight excluding hydrogens is 580 g/mol. The third kappa shape index (κ3) is 8.41. The van der Waals surface area contributed by atoms with E-state index in [9.17, 15) is 14.4 Å². The van der Waals surface area contributed by atoms with Crippen molar-refractivity contribution in [1.29, 1.82) is 0 Å². The number of rotatable bonds is 10. The fourth-order valence-corrected chi connectivity index (χ4v) is 5.48. The summed E-state index contributed by atoms with van der Waals surface area (Å²) in [5.74, 6) is -1.79. The molecule has 1 atom stereocenters. The Labute approximate surface area is 270 Å². The Bertz CT molecular complexity index is 1680. The van der Waals surface area contributed by atoms with Crippen LogP contribution in [0.15, 0.2) is 84.9 Å². The fraction of sp³-hybridized carbons (Fsp3) is 0.351. The van der Waals surface area contributed by atoms with Crippen molar-refractivity contribution in [2.45, 2.75) is 46.3 Å². The molecule has 1 N–H and O–H groups in total. The normalized spacial score (nSPS) is 14.1. The van der Waals surface area contributed by atoms with E-state index in [1.807, 2.05) is 60.7 Å². The molecular formula is C37H42N4O5. The van der Waals surface area contributed by atoms with E-state index in [0.29, 0.717) is 44.1 Å². The Balaban J connectivity index is 1.25. The number of carbonyl (C=O) groups is 3. The van der Waals surface area contributed by atoms with Crippen LogP contribution in [0.5, 0.6) is 5.75 Å². The van der Waals surface area contributed by atoms with Crippen LogP contribution in [0.3, 0.4) is 0 Å². The SMILES string of the molecule is Cc1cccc(N2CCN(C(=O)C(CCNC(=O)c3cc(OCc4ccccc4)c4ccccc4n3)C(=O)OC(C)(C)C)CC2)c1. The predicted octanol–water partition coefficient (Wildman–Crippen LogP) is 5.55. The van der Waals surface area contributed by atoms with Crippen LogP contribution in [-0.2, 0) is 20.9 Å². The van der Waals surface area contributed by atoms with Crippen molar-refractivity contribution in [2.24, 2.45) is 5.92 Å². The first-order valence-electron chi connectivity index (χ1n) is 15.8. The lowest BCUT2D eigenvalue weighted by Crippen LogP contribution is -2.52. The summed E-state index contributed by atoms with van der Waals surface area (Å²) in [7, 11) is 0. The van der Waals surface area contributed by atoms with Gasteiger partial charge in [0.25, 0.3) is 5.91 Å². The number of piperazine rings is 1. The molecule has 2 amide bonds. The number of para-hydroxylation sites is 1. The Morgan fingerprint density at radius 2 is 1.61 bits per heavy atom. The van der Waals surface area contributed by atoms with Crippen LogP contribution in [0.4, 0.5) is 5.69 Å². The standard InChI is InChI=1S/C37H42N4O5/c1-26-11-10-14-28(23-26)40-19-21-41(22-20-40)35(43)30(36(44)46-37(2,3)4)17-18-38-34(42)32-24-33(29-15-8-9-16-31(29)39-32)45-25-27-12-6-5-7-13-27/h5-16,23-24,30H,17-22,25H2,1-4H3,(H,38,42). The Hall–Kier alpha value is -4.92. The highest BCUT2D eigenvalue weighted by molar-refractivity contribution is 5.99. The average Bonchev–Trinajstić information content (AvgIpc) is 3.04. The lowest BCUT2D eigenvalue weighted by Gasteiger charge is -2.37. The summed E-state index contributed by atoms with van der Waals surface area (Å²) in [6.45, 7) is 10.1. The Morgan fingerprint density at radius 1 is 0.891 bits per heavy atom. The van der Waals surface area contributed by atoms with E-state index >= 15 is 0 Å². The number of esters is 1. The first kappa shape index (κ1) is 32.5. The van der Waals surface area contributed by atoms with Crippen LogP contribution in [0.1, 0.15) is 48.8 Å². The number of carbonyl (C=O) groups excluding carboxylic acids is 3. The van der Waals surface area contributed by atoms with Crippen LogP contribution in [-0.4, -0.2) is 66.0 Å². The molecule has 2 heterocycles. The molecule has 4 aromatic rings. The number of hydrogen-bond donors (Lipinski definition) is 1. The molecule has 9 heteroatoms. The minimum absolute atomic E-state index is 0.0897. The van der Waals surface area contributed by atoms with Gasteiger partial charge in [-0.2, -0.15) is 0 Å². The average molecular weight is 623 g/mol. The van der Waals surface area contributed by atoms with Gasteiger partial charge in [0, 0.05) is 49.9 Å². The van der Waals surface area contributed by atoms with Crippen molar-refractivity contribution in [3.8, 4) is 5.75 Å². The topological polar surface area (TPSA) is 101 Å². The number of hydrogen-bond acceptors (Lipinski definition) is 7. The van der Waals surface area contributed by atoms with E-state index in [-0.39, 0.29) is 24.6 Å². The minimum atomic E-state index is -1.04. The van der Waals surface area contributed by atoms with Crippen molar-refractivity contribution >= 4 is 34.4 Å². The van der Waals surface area contributed by atoms with Gasteiger partial charge in [0.2, 0.25) is 5.91 Å². The number of nitrogens with zero attached hydrogens (tertiary/aromatic N) is 3. The van der Waals surface area contributed by atoms with Crippen molar-refractivity contribution in [2.75, 3.05) is 37.6 Å². The van der Waals surface area contributed by atoms with Crippen LogP contribution >= 0.6 is 0 Å². The second-order valence-corrected chi connectivity index (χ2v) is 12.6. The second kappa shape index (κ2) is 14.5. The van der Waals surface area contributed by atoms with E-state index in [1.54, 1.807) is 31.7 Å². The molecule has 0 bridgehead atoms. The molecule has 1 saturated heterocycles. The number of aromatic nitrogens is 1. The van der Waals surface area contributed by atoms with Gasteiger partial charge in [-0.1, -0.05) is 54.6 Å². The summed E-state index contributed by atoms with van der Waals surface area (Å²) in [5, 5.41) is 3.66. The molecule has 0 saturated carbocycles. The maximum absolute atomic E-state index is 13.7. The lowest BCUT2D eigenvalue weighted by atomic mass is 10.0. The molecule has 0 spiro atoms. The van der Waals surface area contributed by atoms with Gasteiger partial charge in [-0.15, -0.1) is 0 Å². The summed E-state index contributed by atoms with van der Waals surface area (Å²) in [6, 6.07) is 27.2. The predicted molar refractivity (Wildman–Crippen MR) is 179 cm³/mol. The van der Waals surface area contributed by atoms with Gasteiger partial charge < -0.3 is 24.6 Å². The monoisotopic (exact) mass is 622 g/mol. The summed E-state index contributed by atoms with van der Waals surface area (Å²) in [5.41, 5.74) is 3.36. The van der Waals surface area contributed by atoms with Gasteiger partial charge in [-0.05, 0) is 69.5 Å². The zero-order chi connectivity index (χ0) is 32.7. The van der Waals surface area contributed by atoms with E-state index in [4.69, 9.17) is 9.47 Å². The number of aryl methyl sites for hydroxylation is 1. The Morgan fingerprint density at radius 3 is 2.33 bits per heavy atom. The van der Waals surface area contributed by atoms with Crippen LogP contribution in [0, 0.1) is 12.8 Å². The van der Waals surface area contributed by atoms with E-state index in [2.05, 4.69) is 40.3 Å². The zero-order valence-corrected chi connectivity index (χ0v) is 27.0. The lowest BCUT2D eigenvalue weighted by molar-refractivity contribution is -0.165. The van der Waals surface area contributed by atoms with Gasteiger partial charge in [0.1, 0.15) is 29.6 Å².